The molecular weight excluding hydrogens is 266 g/mol. The molecule has 1 aliphatic heterocycles. The Balaban J connectivity index is 0.00000133. The fourth-order valence-electron chi connectivity index (χ4n) is 2.21. The van der Waals surface area contributed by atoms with E-state index in [1.807, 2.05) is 12.1 Å². The summed E-state index contributed by atoms with van der Waals surface area (Å²) >= 11 is 0. The molecule has 102 valence electrons. The third-order valence-electron chi connectivity index (χ3n) is 3.11. The van der Waals surface area contributed by atoms with Crippen LogP contribution in [0.3, 0.4) is 0 Å². The molecule has 6 nitrogen and oxygen atoms in total. The van der Waals surface area contributed by atoms with Crippen LogP contribution in [0.5, 0.6) is 0 Å². The van der Waals surface area contributed by atoms with Gasteiger partial charge in [0.1, 0.15) is 5.65 Å². The molecule has 1 N–H and O–H groups in total. The summed E-state index contributed by atoms with van der Waals surface area (Å²) in [6.45, 7) is 4.65. The van der Waals surface area contributed by atoms with Crippen LogP contribution in [0.1, 0.15) is 6.92 Å². The predicted octanol–water partition coefficient (Wildman–Crippen LogP) is 0.309. The first-order valence-electron chi connectivity index (χ1n) is 6.08. The Morgan fingerprint density at radius 1 is 1.37 bits per heavy atom. The number of anilines is 1. The molecule has 0 amide bonds. The first-order valence-corrected chi connectivity index (χ1v) is 6.08. The molecule has 0 aromatic carbocycles. The summed E-state index contributed by atoms with van der Waals surface area (Å²) < 4.78 is 1.45. The minimum absolute atomic E-state index is 0. The summed E-state index contributed by atoms with van der Waals surface area (Å²) in [5, 5.41) is 3.35. The van der Waals surface area contributed by atoms with Gasteiger partial charge in [0.05, 0.1) is 0 Å². The highest BCUT2D eigenvalue weighted by atomic mass is 35.5. The normalized spacial score (nSPS) is 19.2. The SMILES string of the molecule is CC1CN(c2nc(=O)n3ccccc3n2)CCN1.Cl. The van der Waals surface area contributed by atoms with Crippen LogP contribution in [0.4, 0.5) is 5.95 Å². The van der Waals surface area contributed by atoms with Crippen molar-refractivity contribution in [2.75, 3.05) is 24.5 Å². The molecule has 1 saturated heterocycles. The second-order valence-corrected chi connectivity index (χ2v) is 4.54. The zero-order valence-electron chi connectivity index (χ0n) is 10.6. The zero-order chi connectivity index (χ0) is 12.5. The number of pyridine rings is 1. The first kappa shape index (κ1) is 13.8. The van der Waals surface area contributed by atoms with Gasteiger partial charge in [-0.2, -0.15) is 9.97 Å². The van der Waals surface area contributed by atoms with E-state index >= 15 is 0 Å². The Hall–Kier alpha value is -1.66. The van der Waals surface area contributed by atoms with Crippen molar-refractivity contribution in [1.82, 2.24) is 19.7 Å². The van der Waals surface area contributed by atoms with Gasteiger partial charge in [-0.1, -0.05) is 6.07 Å². The number of rotatable bonds is 1. The topological polar surface area (TPSA) is 62.5 Å². The largest absolute Gasteiger partial charge is 0.356 e. The number of hydrogen-bond donors (Lipinski definition) is 1. The van der Waals surface area contributed by atoms with Gasteiger partial charge in [-0.25, -0.2) is 4.79 Å². The molecule has 2 aromatic heterocycles. The lowest BCUT2D eigenvalue weighted by Gasteiger charge is -2.31. The third-order valence-corrected chi connectivity index (χ3v) is 3.11. The molecule has 3 rings (SSSR count). The summed E-state index contributed by atoms with van der Waals surface area (Å²) in [5.74, 6) is 0.527. The zero-order valence-corrected chi connectivity index (χ0v) is 11.4. The van der Waals surface area contributed by atoms with Crippen LogP contribution in [-0.4, -0.2) is 40.0 Å². The van der Waals surface area contributed by atoms with Crippen molar-refractivity contribution in [1.29, 1.82) is 0 Å². The third kappa shape index (κ3) is 2.69. The fourth-order valence-corrected chi connectivity index (χ4v) is 2.21. The first-order chi connectivity index (χ1) is 8.74. The van der Waals surface area contributed by atoms with Gasteiger partial charge in [-0.3, -0.25) is 4.40 Å². The smallest absolute Gasteiger partial charge is 0.338 e. The quantitative estimate of drug-likeness (QED) is 0.815. The Bertz CT molecular complexity index is 629. The van der Waals surface area contributed by atoms with E-state index in [1.165, 1.54) is 4.40 Å². The Labute approximate surface area is 116 Å². The van der Waals surface area contributed by atoms with Crippen molar-refractivity contribution < 1.29 is 0 Å². The van der Waals surface area contributed by atoms with Crippen molar-refractivity contribution in [3.8, 4) is 0 Å². The average Bonchev–Trinajstić information content (AvgIpc) is 2.39. The lowest BCUT2D eigenvalue weighted by Crippen LogP contribution is -2.50. The van der Waals surface area contributed by atoms with E-state index in [9.17, 15) is 4.79 Å². The van der Waals surface area contributed by atoms with Gasteiger partial charge in [0.2, 0.25) is 5.95 Å². The lowest BCUT2D eigenvalue weighted by atomic mass is 10.2. The molecule has 0 spiro atoms. The molecule has 2 aromatic rings. The van der Waals surface area contributed by atoms with Gasteiger partial charge >= 0.3 is 5.69 Å². The van der Waals surface area contributed by atoms with E-state index in [-0.39, 0.29) is 18.1 Å². The van der Waals surface area contributed by atoms with E-state index in [2.05, 4.69) is 27.1 Å². The molecule has 1 aliphatic rings. The van der Waals surface area contributed by atoms with Crippen LogP contribution in [-0.2, 0) is 0 Å². The number of nitrogens with one attached hydrogen (secondary N) is 1. The van der Waals surface area contributed by atoms with Gasteiger partial charge in [0.15, 0.2) is 0 Å². The van der Waals surface area contributed by atoms with Crippen LogP contribution in [0.15, 0.2) is 29.2 Å². The van der Waals surface area contributed by atoms with Crippen LogP contribution in [0.2, 0.25) is 0 Å². The molecular formula is C12H16ClN5O. The Morgan fingerprint density at radius 3 is 3.00 bits per heavy atom. The average molecular weight is 282 g/mol. The van der Waals surface area contributed by atoms with Crippen LogP contribution >= 0.6 is 12.4 Å². The van der Waals surface area contributed by atoms with Crippen LogP contribution < -0.4 is 15.9 Å². The van der Waals surface area contributed by atoms with Crippen molar-refractivity contribution in [3.05, 3.63) is 34.9 Å². The number of halogens is 1. The van der Waals surface area contributed by atoms with Gasteiger partial charge in [-0.15, -0.1) is 12.4 Å². The summed E-state index contributed by atoms with van der Waals surface area (Å²) in [4.78, 5) is 22.4. The highest BCUT2D eigenvalue weighted by Gasteiger charge is 2.18. The number of aromatic nitrogens is 3. The van der Waals surface area contributed by atoms with Crippen molar-refractivity contribution >= 4 is 24.0 Å². The minimum atomic E-state index is -0.276. The maximum absolute atomic E-state index is 11.9. The molecule has 1 fully saturated rings. The predicted molar refractivity (Wildman–Crippen MR) is 76.2 cm³/mol. The summed E-state index contributed by atoms with van der Waals surface area (Å²) in [6.07, 6.45) is 1.68. The second-order valence-electron chi connectivity index (χ2n) is 4.54. The Kier molecular flexibility index (Phi) is 4.01. The summed E-state index contributed by atoms with van der Waals surface area (Å²) in [7, 11) is 0. The second kappa shape index (κ2) is 5.54. The van der Waals surface area contributed by atoms with Crippen molar-refractivity contribution in [2.24, 2.45) is 0 Å². The van der Waals surface area contributed by atoms with Gasteiger partial charge in [0, 0.05) is 31.9 Å². The van der Waals surface area contributed by atoms with Gasteiger partial charge in [-0.05, 0) is 19.1 Å². The molecule has 19 heavy (non-hydrogen) atoms. The number of nitrogens with zero attached hydrogens (tertiary/aromatic N) is 4. The maximum atomic E-state index is 11.9. The molecule has 1 unspecified atom stereocenters. The standard InChI is InChI=1S/C12H15N5O.ClH/c1-9-8-16(7-5-13-9)11-14-10-4-2-3-6-17(10)12(18)15-11;/h2-4,6,9,13H,5,7-8H2,1H3;1H. The summed E-state index contributed by atoms with van der Waals surface area (Å²) in [6, 6.07) is 5.87. The van der Waals surface area contributed by atoms with E-state index in [0.717, 1.165) is 19.6 Å². The monoisotopic (exact) mass is 281 g/mol. The van der Waals surface area contributed by atoms with Gasteiger partial charge in [0.25, 0.3) is 0 Å². The maximum Gasteiger partial charge on any atom is 0.356 e. The molecule has 0 bridgehead atoms. The van der Waals surface area contributed by atoms with Crippen molar-refractivity contribution in [2.45, 2.75) is 13.0 Å². The number of piperazine rings is 1. The molecule has 0 saturated carbocycles. The van der Waals surface area contributed by atoms with Crippen molar-refractivity contribution in [3.63, 3.8) is 0 Å². The molecule has 0 radical (unpaired) electrons. The highest BCUT2D eigenvalue weighted by molar-refractivity contribution is 5.85. The molecule has 1 atom stereocenters. The van der Waals surface area contributed by atoms with Gasteiger partial charge < -0.3 is 10.2 Å². The molecule has 0 aliphatic carbocycles. The number of hydrogen-bond acceptors (Lipinski definition) is 5. The van der Waals surface area contributed by atoms with E-state index in [0.29, 0.717) is 17.6 Å². The minimum Gasteiger partial charge on any atom is -0.338 e. The lowest BCUT2D eigenvalue weighted by molar-refractivity contribution is 0.479. The fraction of sp³-hybridized carbons (Fsp3) is 0.417. The van der Waals surface area contributed by atoms with E-state index in [4.69, 9.17) is 0 Å². The van der Waals surface area contributed by atoms with Crippen LogP contribution in [0, 0.1) is 0 Å². The number of fused-ring (bicyclic) bond motifs is 1. The Morgan fingerprint density at radius 2 is 2.21 bits per heavy atom. The summed E-state index contributed by atoms with van der Waals surface area (Å²) in [5.41, 5.74) is 0.362. The molecule has 7 heteroatoms. The molecule has 3 heterocycles. The highest BCUT2D eigenvalue weighted by Crippen LogP contribution is 2.09. The van der Waals surface area contributed by atoms with E-state index < -0.39 is 0 Å². The van der Waals surface area contributed by atoms with Crippen LogP contribution in [0.25, 0.3) is 5.65 Å². The van der Waals surface area contributed by atoms with E-state index in [1.54, 1.807) is 12.3 Å².